The van der Waals surface area contributed by atoms with Crippen molar-refractivity contribution >= 4 is 20.1 Å². The molecule has 0 bridgehead atoms. The Kier molecular flexibility index (Phi) is 2.00. The van der Waals surface area contributed by atoms with E-state index < -0.39 is 11.7 Å². The summed E-state index contributed by atoms with van der Waals surface area (Å²) in [6.07, 6.45) is 0. The summed E-state index contributed by atoms with van der Waals surface area (Å²) in [5.41, 5.74) is 0. The molecule has 0 fully saturated rings. The summed E-state index contributed by atoms with van der Waals surface area (Å²) in [6.45, 7) is 0. The fourth-order valence-electron chi connectivity index (χ4n) is 0. The Hall–Kier alpha value is 1.03. The van der Waals surface area contributed by atoms with E-state index in [-0.39, 0.29) is 0 Å². The van der Waals surface area contributed by atoms with Gasteiger partial charge >= 0.3 is 41.2 Å². The maximum atomic E-state index is 5.01. The Morgan fingerprint density at radius 2 is 1.20 bits per heavy atom. The average Bonchev–Trinajstić information content (AvgIpc) is 0.722. The number of nitrogens with two attached hydrogens (primary N) is 2. The molecule has 0 aliphatic rings. The fourth-order valence-corrected chi connectivity index (χ4v) is 0. The number of hydrogen-bond donors (Lipinski definition) is 2. The summed E-state index contributed by atoms with van der Waals surface area (Å²) in [6, 6.07) is 0. The molecule has 4 N–H and O–H groups in total. The van der Waals surface area contributed by atoms with Crippen LogP contribution in [0.2, 0.25) is 0 Å². The van der Waals surface area contributed by atoms with Crippen molar-refractivity contribution in [2.24, 2.45) is 9.43 Å². The second kappa shape index (κ2) is 1.65. The van der Waals surface area contributed by atoms with Gasteiger partial charge in [-0.2, -0.15) is 0 Å². The van der Waals surface area contributed by atoms with Crippen molar-refractivity contribution in [2.75, 3.05) is 0 Å². The van der Waals surface area contributed by atoms with Crippen LogP contribution in [-0.4, -0.2) is 0 Å². The zero-order valence-electron chi connectivity index (χ0n) is 2.32. The molecule has 0 radical (unpaired) electrons. The van der Waals surface area contributed by atoms with Crippen molar-refractivity contribution in [2.45, 2.75) is 0 Å². The first-order chi connectivity index (χ1) is 2.00. The predicted octanol–water partition coefficient (Wildman–Crippen LogP) is 0.195. The van der Waals surface area contributed by atoms with Crippen LogP contribution >= 0.6 is 20.1 Å². The van der Waals surface area contributed by atoms with Gasteiger partial charge in [-0.15, -0.1) is 0 Å². The van der Waals surface area contributed by atoms with E-state index in [9.17, 15) is 0 Å². The normalized spacial score (nSPS) is 15.2. The molecular formula is H4Cl2CrN2. The first-order valence-corrected chi connectivity index (χ1v) is 5.76. The standard InChI is InChI=1S/2ClH.Cr.2H2N/h2*1H;;2*1H2/q;;+4;2*-1/p-2. The van der Waals surface area contributed by atoms with E-state index >= 15 is 0 Å². The summed E-state index contributed by atoms with van der Waals surface area (Å²) in [4.78, 5) is 0. The summed E-state index contributed by atoms with van der Waals surface area (Å²) >= 11 is -2.81. The fraction of sp³-hybridized carbons (Fsp3) is 0. The first-order valence-electron chi connectivity index (χ1n) is 0.780. The molecule has 0 aromatic carbocycles. The third kappa shape index (κ3) is 43.4. The SMILES string of the molecule is [NH2][Cr]([NH2])([Cl])[Cl]. The van der Waals surface area contributed by atoms with Crippen LogP contribution in [0.4, 0.5) is 0 Å². The van der Waals surface area contributed by atoms with Crippen LogP contribution in [0.1, 0.15) is 0 Å². The summed E-state index contributed by atoms with van der Waals surface area (Å²) < 4.78 is 9.64. The van der Waals surface area contributed by atoms with Crippen LogP contribution < -0.4 is 9.43 Å². The molecule has 0 unspecified atom stereocenters. The van der Waals surface area contributed by atoms with Gasteiger partial charge in [-0.05, 0) is 0 Å². The van der Waals surface area contributed by atoms with Gasteiger partial charge < -0.3 is 0 Å². The van der Waals surface area contributed by atoms with E-state index in [0.29, 0.717) is 0 Å². The van der Waals surface area contributed by atoms with Gasteiger partial charge in [0.1, 0.15) is 0 Å². The molecule has 0 amide bonds. The minimum atomic E-state index is -2.81. The topological polar surface area (TPSA) is 52.0 Å². The second-order valence-corrected chi connectivity index (χ2v) is 7.13. The number of halogens is 2. The Morgan fingerprint density at radius 3 is 1.20 bits per heavy atom. The van der Waals surface area contributed by atoms with Gasteiger partial charge in [-0.25, -0.2) is 0 Å². The molecule has 0 saturated carbocycles. The Balaban J connectivity index is 3.02. The molecule has 2 nitrogen and oxygen atoms in total. The van der Waals surface area contributed by atoms with Crippen molar-refractivity contribution in [3.8, 4) is 0 Å². The number of hydrogen-bond acceptors (Lipinski definition) is 2. The molecule has 34 valence electrons. The predicted molar refractivity (Wildman–Crippen MR) is 20.1 cm³/mol. The molecule has 0 aliphatic carbocycles. The van der Waals surface area contributed by atoms with Crippen LogP contribution in [0.25, 0.3) is 0 Å². The molecule has 0 aromatic heterocycles. The zero-order chi connectivity index (χ0) is 4.50. The zero-order valence-corrected chi connectivity index (χ0v) is 5.11. The Morgan fingerprint density at radius 1 is 1.20 bits per heavy atom. The van der Waals surface area contributed by atoms with E-state index in [0.717, 1.165) is 0 Å². The van der Waals surface area contributed by atoms with Gasteiger partial charge in [0, 0.05) is 0 Å². The van der Waals surface area contributed by atoms with Crippen molar-refractivity contribution in [3.05, 3.63) is 0 Å². The van der Waals surface area contributed by atoms with Crippen molar-refractivity contribution < 1.29 is 11.7 Å². The van der Waals surface area contributed by atoms with E-state index in [4.69, 9.17) is 29.5 Å². The van der Waals surface area contributed by atoms with Gasteiger partial charge in [0.25, 0.3) is 0 Å². The van der Waals surface area contributed by atoms with Gasteiger partial charge in [0.15, 0.2) is 0 Å². The summed E-state index contributed by atoms with van der Waals surface area (Å²) in [5, 5.41) is 0. The third-order valence-electron chi connectivity index (χ3n) is 0. The molecule has 0 heterocycles. The van der Waals surface area contributed by atoms with Gasteiger partial charge in [-0.1, -0.05) is 0 Å². The molecular weight excluding hydrogens is 151 g/mol. The van der Waals surface area contributed by atoms with Crippen molar-refractivity contribution in [1.82, 2.24) is 0 Å². The summed E-state index contributed by atoms with van der Waals surface area (Å²) in [5.74, 6) is 0. The number of rotatable bonds is 0. The third-order valence-corrected chi connectivity index (χ3v) is 0. The summed E-state index contributed by atoms with van der Waals surface area (Å²) in [7, 11) is 10.0. The van der Waals surface area contributed by atoms with Crippen LogP contribution in [-0.2, 0) is 11.7 Å². The molecule has 0 aliphatic heterocycles. The van der Waals surface area contributed by atoms with E-state index in [1.54, 1.807) is 0 Å². The van der Waals surface area contributed by atoms with E-state index in [2.05, 4.69) is 0 Å². The molecule has 0 spiro atoms. The van der Waals surface area contributed by atoms with Crippen LogP contribution in [0.3, 0.4) is 0 Å². The van der Waals surface area contributed by atoms with Crippen molar-refractivity contribution in [1.29, 1.82) is 0 Å². The first kappa shape index (κ1) is 6.03. The van der Waals surface area contributed by atoms with E-state index in [1.807, 2.05) is 0 Å². The van der Waals surface area contributed by atoms with Gasteiger partial charge in [0.05, 0.1) is 0 Å². The van der Waals surface area contributed by atoms with Gasteiger partial charge in [0.2, 0.25) is 0 Å². The Bertz CT molecular complexity index is 23.1. The minimum absolute atomic E-state index is 2.81. The van der Waals surface area contributed by atoms with Crippen molar-refractivity contribution in [3.63, 3.8) is 0 Å². The molecule has 5 heavy (non-hydrogen) atoms. The molecule has 0 atom stereocenters. The maximum absolute atomic E-state index is 5.01. The Labute approximate surface area is 41.6 Å². The average molecular weight is 155 g/mol. The van der Waals surface area contributed by atoms with E-state index in [1.165, 1.54) is 0 Å². The van der Waals surface area contributed by atoms with Gasteiger partial charge in [-0.3, -0.25) is 0 Å². The molecule has 0 saturated heterocycles. The molecule has 0 rings (SSSR count). The van der Waals surface area contributed by atoms with Crippen LogP contribution in [0.15, 0.2) is 0 Å². The van der Waals surface area contributed by atoms with Crippen LogP contribution in [0, 0.1) is 0 Å². The quantitative estimate of drug-likeness (QED) is 0.524. The molecule has 0 aromatic rings. The second-order valence-electron chi connectivity index (χ2n) is 0.551. The molecule has 5 heteroatoms. The monoisotopic (exact) mass is 154 g/mol. The van der Waals surface area contributed by atoms with Crippen LogP contribution in [0.5, 0.6) is 0 Å².